The molecule has 0 radical (unpaired) electrons. The van der Waals surface area contributed by atoms with Crippen LogP contribution < -0.4 is 0 Å². The molecule has 0 aromatic carbocycles. The molecule has 0 spiro atoms. The van der Waals surface area contributed by atoms with Gasteiger partial charge in [-0.2, -0.15) is 0 Å². The van der Waals surface area contributed by atoms with Crippen molar-refractivity contribution in [3.63, 3.8) is 0 Å². The van der Waals surface area contributed by atoms with Crippen molar-refractivity contribution >= 4 is 17.7 Å². The van der Waals surface area contributed by atoms with E-state index in [0.29, 0.717) is 17.8 Å². The van der Waals surface area contributed by atoms with E-state index in [1.165, 1.54) is 0 Å². The summed E-state index contributed by atoms with van der Waals surface area (Å²) >= 11 is 1.89. The summed E-state index contributed by atoms with van der Waals surface area (Å²) in [4.78, 5) is 11.7. The molecular weight excluding hydrogens is 232 g/mol. The van der Waals surface area contributed by atoms with Gasteiger partial charge in [0.25, 0.3) is 0 Å². The summed E-state index contributed by atoms with van der Waals surface area (Å²) in [5.41, 5.74) is -0.409. The Kier molecular flexibility index (Phi) is 6.06. The Balaban J connectivity index is 4.34. The number of thioether (sulfide) groups is 1. The Bertz CT molecular complexity index is 246. The van der Waals surface area contributed by atoms with Crippen LogP contribution >= 0.6 is 11.8 Å². The van der Waals surface area contributed by atoms with Crippen LogP contribution in [0.25, 0.3) is 0 Å². The smallest absolute Gasteiger partial charge is 0.311 e. The second-order valence-corrected chi connectivity index (χ2v) is 8.93. The lowest BCUT2D eigenvalue weighted by atomic mass is 9.97. The van der Waals surface area contributed by atoms with Gasteiger partial charge in [-0.25, -0.2) is 0 Å². The Morgan fingerprint density at radius 1 is 1.12 bits per heavy atom. The third-order valence-corrected chi connectivity index (χ3v) is 3.93. The summed E-state index contributed by atoms with van der Waals surface area (Å²) in [6.45, 7) is 17.1. The molecule has 1 atom stereocenters. The summed E-state index contributed by atoms with van der Waals surface area (Å²) in [7, 11) is 0. The molecule has 0 aromatic heterocycles. The fourth-order valence-corrected chi connectivity index (χ4v) is 2.51. The minimum atomic E-state index is -0.409. The minimum Gasteiger partial charge on any atom is -0.464 e. The van der Waals surface area contributed by atoms with E-state index in [2.05, 4.69) is 34.6 Å². The predicted octanol–water partition coefficient (Wildman–Crippen LogP) is 4.13. The fourth-order valence-electron chi connectivity index (χ4n) is 1.19. The lowest BCUT2D eigenvalue weighted by molar-refractivity contribution is -0.153. The average molecular weight is 260 g/mol. The van der Waals surface area contributed by atoms with Crippen molar-refractivity contribution in [1.82, 2.24) is 0 Å². The van der Waals surface area contributed by atoms with Crippen LogP contribution in [0, 0.1) is 11.3 Å². The van der Waals surface area contributed by atoms with E-state index in [-0.39, 0.29) is 10.7 Å². The second-order valence-electron chi connectivity index (χ2n) is 6.86. The number of hydrogen-bond acceptors (Lipinski definition) is 3. The van der Waals surface area contributed by atoms with Gasteiger partial charge in [-0.3, -0.25) is 4.79 Å². The Hall–Kier alpha value is -0.180. The Labute approximate surface area is 111 Å². The zero-order valence-corrected chi connectivity index (χ0v) is 13.4. The molecule has 0 amide bonds. The van der Waals surface area contributed by atoms with Gasteiger partial charge in [0.1, 0.15) is 6.61 Å². The maximum atomic E-state index is 11.7. The van der Waals surface area contributed by atoms with Crippen LogP contribution in [0.3, 0.4) is 0 Å². The highest BCUT2D eigenvalue weighted by Gasteiger charge is 2.27. The summed E-state index contributed by atoms with van der Waals surface area (Å²) in [5.74, 6) is 0.393. The first-order valence-electron chi connectivity index (χ1n) is 6.28. The molecule has 17 heavy (non-hydrogen) atoms. The monoisotopic (exact) mass is 260 g/mol. The van der Waals surface area contributed by atoms with Crippen molar-refractivity contribution in [2.45, 2.75) is 65.4 Å². The maximum Gasteiger partial charge on any atom is 0.311 e. The normalized spacial score (nSPS) is 14.9. The van der Waals surface area contributed by atoms with Crippen LogP contribution in [0.4, 0.5) is 0 Å². The lowest BCUT2D eigenvalue weighted by Crippen LogP contribution is -2.30. The molecule has 0 N–H and O–H groups in total. The molecule has 0 aliphatic heterocycles. The first-order chi connectivity index (χ1) is 7.43. The standard InChI is InChI=1S/C14H28O2S/c1-10(2)11(17-14(6,7)8)9-16-12(15)13(3,4)5/h10-11H,9H2,1-8H3. The molecule has 0 aliphatic carbocycles. The quantitative estimate of drug-likeness (QED) is 0.711. The number of hydrogen-bond donors (Lipinski definition) is 0. The van der Waals surface area contributed by atoms with Crippen LogP contribution in [0.5, 0.6) is 0 Å². The zero-order chi connectivity index (χ0) is 13.9. The Morgan fingerprint density at radius 2 is 1.59 bits per heavy atom. The van der Waals surface area contributed by atoms with Gasteiger partial charge in [0, 0.05) is 10.00 Å². The first-order valence-corrected chi connectivity index (χ1v) is 7.16. The molecule has 102 valence electrons. The van der Waals surface area contributed by atoms with E-state index in [4.69, 9.17) is 4.74 Å². The number of carbonyl (C=O) groups is 1. The number of carbonyl (C=O) groups excluding carboxylic acids is 1. The van der Waals surface area contributed by atoms with Gasteiger partial charge in [0.05, 0.1) is 5.41 Å². The number of rotatable bonds is 4. The highest BCUT2D eigenvalue weighted by molar-refractivity contribution is 8.01. The van der Waals surface area contributed by atoms with Gasteiger partial charge in [0.2, 0.25) is 0 Å². The molecule has 0 saturated heterocycles. The SMILES string of the molecule is CC(C)C(COC(=O)C(C)(C)C)SC(C)(C)C. The van der Waals surface area contributed by atoms with Crippen LogP contribution in [-0.4, -0.2) is 22.6 Å². The number of esters is 1. The number of ether oxygens (including phenoxy) is 1. The predicted molar refractivity (Wildman–Crippen MR) is 76.4 cm³/mol. The summed E-state index contributed by atoms with van der Waals surface area (Å²) < 4.78 is 5.61. The van der Waals surface area contributed by atoms with Crippen LogP contribution in [0.2, 0.25) is 0 Å². The molecule has 0 aliphatic rings. The van der Waals surface area contributed by atoms with Crippen molar-refractivity contribution < 1.29 is 9.53 Å². The first kappa shape index (κ1) is 16.8. The van der Waals surface area contributed by atoms with E-state index in [1.807, 2.05) is 32.5 Å². The highest BCUT2D eigenvalue weighted by Crippen LogP contribution is 2.32. The Morgan fingerprint density at radius 3 is 1.88 bits per heavy atom. The molecule has 0 bridgehead atoms. The van der Waals surface area contributed by atoms with Gasteiger partial charge >= 0.3 is 5.97 Å². The third kappa shape index (κ3) is 7.69. The minimum absolute atomic E-state index is 0.113. The van der Waals surface area contributed by atoms with Crippen molar-refractivity contribution in [3.05, 3.63) is 0 Å². The zero-order valence-electron chi connectivity index (χ0n) is 12.6. The third-order valence-electron chi connectivity index (χ3n) is 2.24. The lowest BCUT2D eigenvalue weighted by Gasteiger charge is -2.29. The van der Waals surface area contributed by atoms with Gasteiger partial charge in [-0.1, -0.05) is 34.6 Å². The molecule has 0 saturated carbocycles. The van der Waals surface area contributed by atoms with Crippen molar-refractivity contribution in [2.75, 3.05) is 6.61 Å². The van der Waals surface area contributed by atoms with Crippen LogP contribution in [0.15, 0.2) is 0 Å². The van der Waals surface area contributed by atoms with E-state index in [1.54, 1.807) is 0 Å². The molecule has 0 fully saturated rings. The second kappa shape index (κ2) is 6.12. The van der Waals surface area contributed by atoms with Gasteiger partial charge in [-0.15, -0.1) is 11.8 Å². The highest BCUT2D eigenvalue weighted by atomic mass is 32.2. The van der Waals surface area contributed by atoms with Gasteiger partial charge in [0.15, 0.2) is 0 Å². The van der Waals surface area contributed by atoms with E-state index in [0.717, 1.165) is 0 Å². The largest absolute Gasteiger partial charge is 0.464 e. The van der Waals surface area contributed by atoms with E-state index in [9.17, 15) is 4.79 Å². The maximum absolute atomic E-state index is 11.7. The van der Waals surface area contributed by atoms with Crippen molar-refractivity contribution in [3.8, 4) is 0 Å². The summed E-state index contributed by atoms with van der Waals surface area (Å²) in [6.07, 6.45) is 0. The van der Waals surface area contributed by atoms with Crippen molar-refractivity contribution in [1.29, 1.82) is 0 Å². The van der Waals surface area contributed by atoms with Gasteiger partial charge in [-0.05, 0) is 26.7 Å². The average Bonchev–Trinajstić information content (AvgIpc) is 2.07. The van der Waals surface area contributed by atoms with Crippen molar-refractivity contribution in [2.24, 2.45) is 11.3 Å². The topological polar surface area (TPSA) is 26.3 Å². The van der Waals surface area contributed by atoms with E-state index < -0.39 is 5.41 Å². The molecule has 2 nitrogen and oxygen atoms in total. The molecule has 0 rings (SSSR count). The molecule has 0 heterocycles. The molecule has 1 unspecified atom stereocenters. The van der Waals surface area contributed by atoms with E-state index >= 15 is 0 Å². The molecule has 0 aromatic rings. The van der Waals surface area contributed by atoms with Crippen LogP contribution in [-0.2, 0) is 9.53 Å². The molecule has 3 heteroatoms. The fraction of sp³-hybridized carbons (Fsp3) is 0.929. The molecular formula is C14H28O2S. The summed E-state index contributed by atoms with van der Waals surface area (Å²) in [6, 6.07) is 0. The van der Waals surface area contributed by atoms with Crippen LogP contribution in [0.1, 0.15) is 55.4 Å². The summed E-state index contributed by atoms with van der Waals surface area (Å²) in [5, 5.41) is 0.362. The van der Waals surface area contributed by atoms with Gasteiger partial charge < -0.3 is 4.74 Å².